The molecule has 23 heavy (non-hydrogen) atoms. The van der Waals surface area contributed by atoms with Gasteiger partial charge in [-0.15, -0.1) is 0 Å². The van der Waals surface area contributed by atoms with Gasteiger partial charge < -0.3 is 4.90 Å². The van der Waals surface area contributed by atoms with Crippen molar-refractivity contribution in [2.45, 2.75) is 20.4 Å². The minimum atomic E-state index is 0.0864. The summed E-state index contributed by atoms with van der Waals surface area (Å²) in [7, 11) is 1.83. The van der Waals surface area contributed by atoms with Gasteiger partial charge in [0.2, 0.25) is 0 Å². The molecule has 5 heteroatoms. The van der Waals surface area contributed by atoms with Crippen LogP contribution in [0, 0.1) is 13.8 Å². The van der Waals surface area contributed by atoms with Gasteiger partial charge in [-0.2, -0.15) is 5.10 Å². The number of rotatable bonds is 3. The number of carbonyl (C=O) groups excluding carboxylic acids is 1. The van der Waals surface area contributed by atoms with Gasteiger partial charge in [0.25, 0.3) is 5.91 Å². The zero-order chi connectivity index (χ0) is 16.4. The van der Waals surface area contributed by atoms with E-state index in [2.05, 4.69) is 41.2 Å². The van der Waals surface area contributed by atoms with Crippen LogP contribution in [0.5, 0.6) is 0 Å². The lowest BCUT2D eigenvalue weighted by Gasteiger charge is -2.34. The normalized spacial score (nSPS) is 15.9. The minimum absolute atomic E-state index is 0.0864. The van der Waals surface area contributed by atoms with E-state index in [-0.39, 0.29) is 5.91 Å². The van der Waals surface area contributed by atoms with Crippen LogP contribution in [-0.4, -0.2) is 51.7 Å². The van der Waals surface area contributed by atoms with Gasteiger partial charge in [0.05, 0.1) is 5.69 Å². The first kappa shape index (κ1) is 15.7. The van der Waals surface area contributed by atoms with Crippen molar-refractivity contribution in [2.24, 2.45) is 7.05 Å². The lowest BCUT2D eigenvalue weighted by Crippen LogP contribution is -2.48. The van der Waals surface area contributed by atoms with Crippen LogP contribution in [0.2, 0.25) is 0 Å². The van der Waals surface area contributed by atoms with Gasteiger partial charge in [0.1, 0.15) is 5.69 Å². The molecule has 1 aliphatic heterocycles. The highest BCUT2D eigenvalue weighted by molar-refractivity contribution is 5.92. The van der Waals surface area contributed by atoms with E-state index in [1.807, 2.05) is 24.9 Å². The first-order chi connectivity index (χ1) is 11.0. The van der Waals surface area contributed by atoms with Gasteiger partial charge in [0, 0.05) is 39.8 Å². The number of amides is 1. The lowest BCUT2D eigenvalue weighted by molar-refractivity contribution is 0.0618. The number of aryl methyl sites for hydroxylation is 3. The molecule has 0 atom stereocenters. The maximum atomic E-state index is 12.6. The van der Waals surface area contributed by atoms with Crippen LogP contribution < -0.4 is 0 Å². The summed E-state index contributed by atoms with van der Waals surface area (Å²) in [6, 6.07) is 10.5. The molecule has 0 N–H and O–H groups in total. The van der Waals surface area contributed by atoms with E-state index in [0.29, 0.717) is 5.69 Å². The summed E-state index contributed by atoms with van der Waals surface area (Å²) >= 11 is 0. The second kappa shape index (κ2) is 6.54. The fourth-order valence-corrected chi connectivity index (χ4v) is 3.15. The largest absolute Gasteiger partial charge is 0.335 e. The highest BCUT2D eigenvalue weighted by Gasteiger charge is 2.24. The Balaban J connectivity index is 1.58. The standard InChI is InChI=1S/C18H24N4O/c1-14-5-4-6-16(11-14)13-21-7-9-22(10-8-21)18(23)17-12-15(2)19-20(17)3/h4-6,11-12H,7-10,13H2,1-3H3. The average Bonchev–Trinajstić information content (AvgIpc) is 2.86. The molecule has 1 fully saturated rings. The molecule has 1 aromatic heterocycles. The Hall–Kier alpha value is -2.14. The van der Waals surface area contributed by atoms with Crippen molar-refractivity contribution < 1.29 is 4.79 Å². The number of piperazine rings is 1. The molecule has 0 bridgehead atoms. The Morgan fingerprint density at radius 3 is 2.48 bits per heavy atom. The molecule has 0 spiro atoms. The third-order valence-corrected chi connectivity index (χ3v) is 4.37. The maximum absolute atomic E-state index is 12.6. The molecule has 1 aromatic carbocycles. The maximum Gasteiger partial charge on any atom is 0.272 e. The highest BCUT2D eigenvalue weighted by atomic mass is 16.2. The van der Waals surface area contributed by atoms with Crippen molar-refractivity contribution in [3.63, 3.8) is 0 Å². The van der Waals surface area contributed by atoms with Crippen LogP contribution >= 0.6 is 0 Å². The van der Waals surface area contributed by atoms with Crippen LogP contribution in [0.15, 0.2) is 30.3 Å². The zero-order valence-corrected chi connectivity index (χ0v) is 14.1. The van der Waals surface area contributed by atoms with Gasteiger partial charge >= 0.3 is 0 Å². The molecular weight excluding hydrogens is 288 g/mol. The number of aromatic nitrogens is 2. The van der Waals surface area contributed by atoms with Crippen molar-refractivity contribution in [1.82, 2.24) is 19.6 Å². The fourth-order valence-electron chi connectivity index (χ4n) is 3.15. The summed E-state index contributed by atoms with van der Waals surface area (Å²) in [4.78, 5) is 16.9. The van der Waals surface area contributed by atoms with Gasteiger partial charge in [-0.1, -0.05) is 29.8 Å². The lowest BCUT2D eigenvalue weighted by atomic mass is 10.1. The highest BCUT2D eigenvalue weighted by Crippen LogP contribution is 2.13. The third-order valence-electron chi connectivity index (χ3n) is 4.37. The van der Waals surface area contributed by atoms with Crippen molar-refractivity contribution in [2.75, 3.05) is 26.2 Å². The molecule has 5 nitrogen and oxygen atoms in total. The van der Waals surface area contributed by atoms with Crippen LogP contribution in [0.3, 0.4) is 0 Å². The average molecular weight is 312 g/mol. The van der Waals surface area contributed by atoms with Crippen molar-refractivity contribution in [1.29, 1.82) is 0 Å². The van der Waals surface area contributed by atoms with Gasteiger partial charge in [-0.05, 0) is 25.5 Å². The molecule has 2 aromatic rings. The molecule has 1 amide bonds. The Morgan fingerprint density at radius 2 is 1.87 bits per heavy atom. The Bertz CT molecular complexity index is 699. The summed E-state index contributed by atoms with van der Waals surface area (Å²) in [6.07, 6.45) is 0. The number of benzene rings is 1. The van der Waals surface area contributed by atoms with Gasteiger partial charge in [0.15, 0.2) is 0 Å². The number of hydrogen-bond acceptors (Lipinski definition) is 3. The molecule has 2 heterocycles. The summed E-state index contributed by atoms with van der Waals surface area (Å²) in [5.41, 5.74) is 4.19. The van der Waals surface area contributed by atoms with Crippen LogP contribution in [0.4, 0.5) is 0 Å². The van der Waals surface area contributed by atoms with Crippen molar-refractivity contribution in [3.05, 3.63) is 52.8 Å². The summed E-state index contributed by atoms with van der Waals surface area (Å²) in [5, 5.41) is 4.26. The summed E-state index contributed by atoms with van der Waals surface area (Å²) in [5.74, 6) is 0.0864. The van der Waals surface area contributed by atoms with Crippen molar-refractivity contribution >= 4 is 5.91 Å². The van der Waals surface area contributed by atoms with Gasteiger partial charge in [-0.25, -0.2) is 0 Å². The van der Waals surface area contributed by atoms with Crippen LogP contribution in [-0.2, 0) is 13.6 Å². The second-order valence-electron chi connectivity index (χ2n) is 6.35. The second-order valence-corrected chi connectivity index (χ2v) is 6.35. The van der Waals surface area contributed by atoms with E-state index in [4.69, 9.17) is 0 Å². The number of carbonyl (C=O) groups is 1. The first-order valence-electron chi connectivity index (χ1n) is 8.11. The fraction of sp³-hybridized carbons (Fsp3) is 0.444. The molecular formula is C18H24N4O. The Kier molecular flexibility index (Phi) is 4.48. The molecule has 1 saturated heterocycles. The molecule has 3 rings (SSSR count). The summed E-state index contributed by atoms with van der Waals surface area (Å²) in [6.45, 7) is 8.36. The molecule has 0 radical (unpaired) electrons. The molecule has 0 unspecified atom stereocenters. The Labute approximate surface area is 137 Å². The smallest absolute Gasteiger partial charge is 0.272 e. The van der Waals surface area contributed by atoms with Crippen molar-refractivity contribution in [3.8, 4) is 0 Å². The predicted molar refractivity (Wildman–Crippen MR) is 90.3 cm³/mol. The third kappa shape index (κ3) is 3.62. The van der Waals surface area contributed by atoms with E-state index in [1.54, 1.807) is 4.68 Å². The van der Waals surface area contributed by atoms with E-state index in [1.165, 1.54) is 11.1 Å². The zero-order valence-electron chi connectivity index (χ0n) is 14.1. The molecule has 122 valence electrons. The SMILES string of the molecule is Cc1cccc(CN2CCN(C(=O)c3cc(C)nn3C)CC2)c1. The first-order valence-corrected chi connectivity index (χ1v) is 8.11. The van der Waals surface area contributed by atoms with Crippen LogP contribution in [0.1, 0.15) is 27.3 Å². The van der Waals surface area contributed by atoms with Gasteiger partial charge in [-0.3, -0.25) is 14.4 Å². The van der Waals surface area contributed by atoms with E-state index in [9.17, 15) is 4.79 Å². The topological polar surface area (TPSA) is 41.4 Å². The van der Waals surface area contributed by atoms with E-state index in [0.717, 1.165) is 38.4 Å². The predicted octanol–water partition coefficient (Wildman–Crippen LogP) is 1.99. The molecule has 1 aliphatic rings. The molecule has 0 aliphatic carbocycles. The van der Waals surface area contributed by atoms with E-state index < -0.39 is 0 Å². The Morgan fingerprint density at radius 1 is 1.13 bits per heavy atom. The molecule has 0 saturated carbocycles. The number of nitrogens with zero attached hydrogens (tertiary/aromatic N) is 4. The number of hydrogen-bond donors (Lipinski definition) is 0. The monoisotopic (exact) mass is 312 g/mol. The van der Waals surface area contributed by atoms with Crippen LogP contribution in [0.25, 0.3) is 0 Å². The minimum Gasteiger partial charge on any atom is -0.335 e. The summed E-state index contributed by atoms with van der Waals surface area (Å²) < 4.78 is 1.68. The quantitative estimate of drug-likeness (QED) is 0.870. The van der Waals surface area contributed by atoms with E-state index >= 15 is 0 Å².